The minimum atomic E-state index is -0.0775. The summed E-state index contributed by atoms with van der Waals surface area (Å²) in [5.74, 6) is -0.0775. The van der Waals surface area contributed by atoms with E-state index in [0.717, 1.165) is 20.7 Å². The van der Waals surface area contributed by atoms with E-state index in [1.165, 1.54) is 21.4 Å². The molecule has 140 valence electrons. The van der Waals surface area contributed by atoms with E-state index in [2.05, 4.69) is 0 Å². The van der Waals surface area contributed by atoms with E-state index in [0.29, 0.717) is 18.0 Å². The summed E-state index contributed by atoms with van der Waals surface area (Å²) in [6, 6.07) is 8.08. The Balaban J connectivity index is 2.37. The lowest BCUT2D eigenvalue weighted by Crippen LogP contribution is -2.29. The number of likely N-dealkylation sites (N-methyl/N-ethyl adjacent to an activating group) is 1. The molecule has 0 saturated heterocycles. The second-order valence-electron chi connectivity index (χ2n) is 5.73. The third-order valence-electron chi connectivity index (χ3n) is 3.69. The summed E-state index contributed by atoms with van der Waals surface area (Å²) in [5.41, 5.74) is 0.954. The van der Waals surface area contributed by atoms with Crippen molar-refractivity contribution >= 4 is 67.8 Å². The van der Waals surface area contributed by atoms with Gasteiger partial charge >= 0.3 is 0 Å². The number of benzene rings is 1. The van der Waals surface area contributed by atoms with Gasteiger partial charge in [-0.2, -0.15) is 0 Å². The Morgan fingerprint density at radius 3 is 2.50 bits per heavy atom. The Morgan fingerprint density at radius 1 is 1.23 bits per heavy atom. The van der Waals surface area contributed by atoms with E-state index in [1.54, 1.807) is 25.4 Å². The van der Waals surface area contributed by atoms with Crippen LogP contribution in [-0.4, -0.2) is 66.1 Å². The van der Waals surface area contributed by atoms with Gasteiger partial charge in [0.1, 0.15) is 0 Å². The van der Waals surface area contributed by atoms with Crippen molar-refractivity contribution in [2.45, 2.75) is 0 Å². The standard InChI is InChI=1S/C18H22N2O3S3/c1-19(2)18(23)17(25-12-24)11-15-9-13-3-4-14(10-16(13)26-15)20(5-7-21)6-8-22/h3-4,9-12,21-22H,5-8H2,1-2H3/b17-11-. The molecule has 2 aromatic rings. The van der Waals surface area contributed by atoms with E-state index in [4.69, 9.17) is 12.2 Å². The fourth-order valence-electron chi connectivity index (χ4n) is 2.47. The van der Waals surface area contributed by atoms with Crippen LogP contribution in [0.2, 0.25) is 0 Å². The van der Waals surface area contributed by atoms with Crippen LogP contribution < -0.4 is 4.90 Å². The number of carbonyl (C=O) groups excluding carboxylic acids is 1. The van der Waals surface area contributed by atoms with Crippen molar-refractivity contribution in [1.29, 1.82) is 0 Å². The number of aliphatic hydroxyl groups excluding tert-OH is 2. The molecule has 1 aromatic heterocycles. The number of thiophene rings is 1. The third kappa shape index (κ3) is 5.28. The number of hydrogen-bond donors (Lipinski definition) is 2. The molecule has 5 nitrogen and oxygen atoms in total. The molecule has 0 saturated carbocycles. The highest BCUT2D eigenvalue weighted by Gasteiger charge is 2.13. The van der Waals surface area contributed by atoms with Gasteiger partial charge in [-0.3, -0.25) is 4.79 Å². The first-order valence-electron chi connectivity index (χ1n) is 8.04. The van der Waals surface area contributed by atoms with Crippen molar-refractivity contribution in [2.24, 2.45) is 0 Å². The molecule has 0 atom stereocenters. The number of carbonyl (C=O) groups is 1. The van der Waals surface area contributed by atoms with E-state index in [1.807, 2.05) is 35.2 Å². The second kappa shape index (κ2) is 10.0. The molecule has 0 bridgehead atoms. The van der Waals surface area contributed by atoms with Gasteiger partial charge in [-0.15, -0.1) is 11.3 Å². The van der Waals surface area contributed by atoms with Crippen LogP contribution in [0.1, 0.15) is 4.88 Å². The highest BCUT2D eigenvalue weighted by Crippen LogP contribution is 2.32. The fourth-order valence-corrected chi connectivity index (χ4v) is 4.48. The number of hydrogen-bond acceptors (Lipinski definition) is 7. The molecular weight excluding hydrogens is 388 g/mol. The van der Waals surface area contributed by atoms with Crippen LogP contribution in [0.25, 0.3) is 16.2 Å². The van der Waals surface area contributed by atoms with Gasteiger partial charge in [0, 0.05) is 47.1 Å². The SMILES string of the molecule is CN(C)C(=O)/C(=C/c1cc2ccc(N(CCO)CCO)cc2s1)SC=S. The van der Waals surface area contributed by atoms with Crippen LogP contribution in [0.4, 0.5) is 5.69 Å². The summed E-state index contributed by atoms with van der Waals surface area (Å²) in [6.45, 7) is 0.997. The average molecular weight is 411 g/mol. The molecule has 1 amide bonds. The number of nitrogens with zero attached hydrogens (tertiary/aromatic N) is 2. The minimum Gasteiger partial charge on any atom is -0.395 e. The zero-order valence-corrected chi connectivity index (χ0v) is 17.2. The normalized spacial score (nSPS) is 11.6. The fraction of sp³-hybridized carbons (Fsp3) is 0.333. The average Bonchev–Trinajstić information content (AvgIpc) is 3.01. The lowest BCUT2D eigenvalue weighted by Gasteiger charge is -2.22. The predicted octanol–water partition coefficient (Wildman–Crippen LogP) is 2.81. The Morgan fingerprint density at radius 2 is 1.92 bits per heavy atom. The van der Waals surface area contributed by atoms with Crippen LogP contribution in [0.3, 0.4) is 0 Å². The molecule has 1 heterocycles. The van der Waals surface area contributed by atoms with Gasteiger partial charge in [0.2, 0.25) is 0 Å². The van der Waals surface area contributed by atoms with Gasteiger partial charge in [-0.1, -0.05) is 30.0 Å². The number of aliphatic hydroxyl groups is 2. The molecule has 1 aromatic carbocycles. The minimum absolute atomic E-state index is 0.0290. The summed E-state index contributed by atoms with van der Waals surface area (Å²) < 4.78 is 2.57. The van der Waals surface area contributed by atoms with Crippen molar-refractivity contribution in [2.75, 3.05) is 45.3 Å². The van der Waals surface area contributed by atoms with Crippen LogP contribution >= 0.6 is 35.3 Å². The summed E-state index contributed by atoms with van der Waals surface area (Å²) in [4.78, 5) is 17.3. The lowest BCUT2D eigenvalue weighted by atomic mass is 10.2. The Kier molecular flexibility index (Phi) is 8.05. The number of thioether (sulfide) groups is 1. The topological polar surface area (TPSA) is 64.0 Å². The number of fused-ring (bicyclic) bond motifs is 1. The highest BCUT2D eigenvalue weighted by atomic mass is 32.2. The van der Waals surface area contributed by atoms with Crippen molar-refractivity contribution < 1.29 is 15.0 Å². The maximum atomic E-state index is 12.3. The Bertz CT molecular complexity index is 796. The van der Waals surface area contributed by atoms with E-state index in [-0.39, 0.29) is 19.1 Å². The molecule has 0 spiro atoms. The molecule has 26 heavy (non-hydrogen) atoms. The lowest BCUT2D eigenvalue weighted by molar-refractivity contribution is -0.123. The van der Waals surface area contributed by atoms with Crippen LogP contribution in [0, 0.1) is 0 Å². The molecule has 0 aliphatic heterocycles. The Hall–Kier alpha value is -1.45. The van der Waals surface area contributed by atoms with Gasteiger partial charge in [0.25, 0.3) is 5.91 Å². The molecule has 0 radical (unpaired) electrons. The van der Waals surface area contributed by atoms with Crippen molar-refractivity contribution in [1.82, 2.24) is 4.90 Å². The summed E-state index contributed by atoms with van der Waals surface area (Å²) in [7, 11) is 3.43. The second-order valence-corrected chi connectivity index (χ2v) is 8.29. The quantitative estimate of drug-likeness (QED) is 0.490. The molecule has 2 N–H and O–H groups in total. The third-order valence-corrected chi connectivity index (χ3v) is 5.67. The largest absolute Gasteiger partial charge is 0.395 e. The number of rotatable bonds is 9. The summed E-state index contributed by atoms with van der Waals surface area (Å²) >= 11 is 7.72. The summed E-state index contributed by atoms with van der Waals surface area (Å²) in [5, 5.41) is 19.5. The van der Waals surface area contributed by atoms with Crippen LogP contribution in [0.15, 0.2) is 29.2 Å². The smallest absolute Gasteiger partial charge is 0.260 e. The monoisotopic (exact) mass is 410 g/mol. The maximum Gasteiger partial charge on any atom is 0.260 e. The maximum absolute atomic E-state index is 12.3. The van der Waals surface area contributed by atoms with Crippen LogP contribution in [0.5, 0.6) is 0 Å². The predicted molar refractivity (Wildman–Crippen MR) is 116 cm³/mol. The molecule has 0 fully saturated rings. The summed E-state index contributed by atoms with van der Waals surface area (Å²) in [6.07, 6.45) is 1.86. The molecule has 0 aliphatic carbocycles. The first-order chi connectivity index (χ1) is 12.5. The van der Waals surface area contributed by atoms with Crippen LogP contribution in [-0.2, 0) is 4.79 Å². The van der Waals surface area contributed by atoms with E-state index >= 15 is 0 Å². The number of anilines is 1. The van der Waals surface area contributed by atoms with Gasteiger partial charge in [0.05, 0.1) is 18.1 Å². The van der Waals surface area contributed by atoms with Crippen molar-refractivity contribution in [3.63, 3.8) is 0 Å². The Labute approximate surface area is 166 Å². The molecule has 8 heteroatoms. The molecule has 0 unspecified atom stereocenters. The van der Waals surface area contributed by atoms with Gasteiger partial charge in [-0.05, 0) is 29.7 Å². The van der Waals surface area contributed by atoms with Gasteiger partial charge in [0.15, 0.2) is 0 Å². The molecular formula is C18H22N2O3S3. The van der Waals surface area contributed by atoms with E-state index in [9.17, 15) is 15.0 Å². The molecule has 2 rings (SSSR count). The molecule has 0 aliphatic rings. The van der Waals surface area contributed by atoms with Gasteiger partial charge < -0.3 is 20.0 Å². The van der Waals surface area contributed by atoms with E-state index < -0.39 is 0 Å². The first-order valence-corrected chi connectivity index (χ1v) is 10.2. The number of thiocarbonyl (C=S) groups is 1. The van der Waals surface area contributed by atoms with Crippen molar-refractivity contribution in [3.05, 3.63) is 34.0 Å². The number of amides is 1. The highest BCUT2D eigenvalue weighted by molar-refractivity contribution is 8.24. The first kappa shape index (κ1) is 20.9. The zero-order chi connectivity index (χ0) is 19.1. The van der Waals surface area contributed by atoms with Crippen molar-refractivity contribution in [3.8, 4) is 0 Å². The zero-order valence-electron chi connectivity index (χ0n) is 14.7. The van der Waals surface area contributed by atoms with Gasteiger partial charge in [-0.25, -0.2) is 0 Å².